The van der Waals surface area contributed by atoms with Crippen molar-refractivity contribution in [1.82, 2.24) is 4.98 Å². The van der Waals surface area contributed by atoms with Crippen LogP contribution < -0.4 is 5.32 Å². The Morgan fingerprint density at radius 2 is 2.32 bits per heavy atom. The Hall–Kier alpha value is -2.15. The van der Waals surface area contributed by atoms with Crippen LogP contribution in [0.15, 0.2) is 22.6 Å². The van der Waals surface area contributed by atoms with E-state index < -0.39 is 4.92 Å². The summed E-state index contributed by atoms with van der Waals surface area (Å²) in [5.74, 6) is 0. The van der Waals surface area contributed by atoms with Crippen molar-refractivity contribution in [2.75, 3.05) is 12.4 Å². The molecule has 0 amide bonds. The molecule has 0 bridgehead atoms. The maximum Gasteiger partial charge on any atom is 0.295 e. The number of nitro benzene ring substituents is 1. The number of hydrogen-bond acceptors (Lipinski definition) is 6. The van der Waals surface area contributed by atoms with Gasteiger partial charge in [-0.25, -0.2) is 0 Å². The summed E-state index contributed by atoms with van der Waals surface area (Å²) >= 11 is 0. The zero-order chi connectivity index (χ0) is 13.4. The topological polar surface area (TPSA) is 90.4 Å². The van der Waals surface area contributed by atoms with Gasteiger partial charge in [0.2, 0.25) is 0 Å². The van der Waals surface area contributed by atoms with Crippen LogP contribution >= 0.6 is 0 Å². The highest BCUT2D eigenvalue weighted by atomic mass is 16.6. The molecule has 1 heterocycles. The standard InChI is InChI=1S/C12H13N3O4/c1-18-9-4-7(5-9)13-12-14-10-3-2-8(15(16)17)6-11(10)19-12/h2-3,6-7,9H,4-5H2,1H3,(H,13,14). The van der Waals surface area contributed by atoms with E-state index in [1.165, 1.54) is 12.1 Å². The maximum absolute atomic E-state index is 10.7. The van der Waals surface area contributed by atoms with E-state index in [4.69, 9.17) is 9.15 Å². The molecule has 1 aromatic carbocycles. The Morgan fingerprint density at radius 1 is 1.53 bits per heavy atom. The summed E-state index contributed by atoms with van der Waals surface area (Å²) in [7, 11) is 1.69. The van der Waals surface area contributed by atoms with Crippen LogP contribution in [-0.4, -0.2) is 29.2 Å². The van der Waals surface area contributed by atoms with Crippen LogP contribution in [0.5, 0.6) is 0 Å². The lowest BCUT2D eigenvalue weighted by Gasteiger charge is -2.33. The third-order valence-electron chi connectivity index (χ3n) is 3.34. The summed E-state index contributed by atoms with van der Waals surface area (Å²) in [5.41, 5.74) is 1.02. The molecule has 1 aliphatic rings. The fraction of sp³-hybridized carbons (Fsp3) is 0.417. The third kappa shape index (κ3) is 2.24. The number of rotatable bonds is 4. The molecule has 0 aliphatic heterocycles. The van der Waals surface area contributed by atoms with Crippen molar-refractivity contribution >= 4 is 22.8 Å². The van der Waals surface area contributed by atoms with Gasteiger partial charge < -0.3 is 14.5 Å². The molecule has 1 N–H and O–H groups in total. The van der Waals surface area contributed by atoms with E-state index in [9.17, 15) is 10.1 Å². The number of benzene rings is 1. The molecule has 7 heteroatoms. The van der Waals surface area contributed by atoms with Crippen LogP contribution in [-0.2, 0) is 4.74 Å². The molecule has 0 unspecified atom stereocenters. The molecular weight excluding hydrogens is 250 g/mol. The van der Waals surface area contributed by atoms with Gasteiger partial charge in [-0.3, -0.25) is 10.1 Å². The number of aromatic nitrogens is 1. The first-order valence-corrected chi connectivity index (χ1v) is 6.00. The fourth-order valence-electron chi connectivity index (χ4n) is 2.14. The molecule has 2 aromatic rings. The molecule has 19 heavy (non-hydrogen) atoms. The molecule has 1 saturated carbocycles. The molecule has 1 aliphatic carbocycles. The first-order valence-electron chi connectivity index (χ1n) is 6.00. The number of nitro groups is 1. The van der Waals surface area contributed by atoms with Crippen molar-refractivity contribution in [3.8, 4) is 0 Å². The van der Waals surface area contributed by atoms with Gasteiger partial charge in [0.25, 0.3) is 11.7 Å². The molecule has 0 saturated heterocycles. The summed E-state index contributed by atoms with van der Waals surface area (Å²) in [6.07, 6.45) is 2.12. The summed E-state index contributed by atoms with van der Waals surface area (Å²) in [6.45, 7) is 0. The number of anilines is 1. The second-order valence-corrected chi connectivity index (χ2v) is 4.60. The number of nitrogens with one attached hydrogen (secondary N) is 1. The predicted molar refractivity (Wildman–Crippen MR) is 68.1 cm³/mol. The smallest absolute Gasteiger partial charge is 0.295 e. The zero-order valence-corrected chi connectivity index (χ0v) is 10.3. The molecule has 3 rings (SSSR count). The molecule has 0 radical (unpaired) electrons. The predicted octanol–water partition coefficient (Wildman–Crippen LogP) is 2.33. The van der Waals surface area contributed by atoms with Gasteiger partial charge in [-0.2, -0.15) is 4.98 Å². The summed E-state index contributed by atoms with van der Waals surface area (Å²) < 4.78 is 10.7. The number of non-ortho nitro benzene ring substituents is 1. The van der Waals surface area contributed by atoms with E-state index in [2.05, 4.69) is 10.3 Å². The summed E-state index contributed by atoms with van der Waals surface area (Å²) in [6, 6.07) is 5.06. The molecule has 1 aromatic heterocycles. The van der Waals surface area contributed by atoms with Crippen LogP contribution in [0.25, 0.3) is 11.1 Å². The summed E-state index contributed by atoms with van der Waals surface area (Å²) in [5, 5.41) is 13.8. The number of hydrogen-bond donors (Lipinski definition) is 1. The summed E-state index contributed by atoms with van der Waals surface area (Å²) in [4.78, 5) is 14.5. The largest absolute Gasteiger partial charge is 0.423 e. The Balaban J connectivity index is 1.76. The Kier molecular flexibility index (Phi) is 2.83. The zero-order valence-electron chi connectivity index (χ0n) is 10.3. The quantitative estimate of drug-likeness (QED) is 0.672. The van der Waals surface area contributed by atoms with Crippen LogP contribution in [0.4, 0.5) is 11.7 Å². The van der Waals surface area contributed by atoms with Gasteiger partial charge in [0.05, 0.1) is 17.1 Å². The lowest BCUT2D eigenvalue weighted by Crippen LogP contribution is -2.40. The fourth-order valence-corrected chi connectivity index (χ4v) is 2.14. The SMILES string of the molecule is COC1CC(Nc2nc3ccc([N+](=O)[O-])cc3o2)C1. The van der Waals surface area contributed by atoms with E-state index >= 15 is 0 Å². The van der Waals surface area contributed by atoms with Gasteiger partial charge in [-0.1, -0.05) is 0 Å². The van der Waals surface area contributed by atoms with Crippen molar-refractivity contribution < 1.29 is 14.1 Å². The highest BCUT2D eigenvalue weighted by Crippen LogP contribution is 2.28. The van der Waals surface area contributed by atoms with Crippen LogP contribution in [0, 0.1) is 10.1 Å². The van der Waals surface area contributed by atoms with Crippen molar-refractivity contribution in [2.24, 2.45) is 0 Å². The average molecular weight is 263 g/mol. The van der Waals surface area contributed by atoms with Crippen molar-refractivity contribution in [2.45, 2.75) is 25.0 Å². The first-order chi connectivity index (χ1) is 9.15. The van der Waals surface area contributed by atoms with Gasteiger partial charge >= 0.3 is 0 Å². The van der Waals surface area contributed by atoms with Crippen molar-refractivity contribution in [1.29, 1.82) is 0 Å². The highest BCUT2D eigenvalue weighted by Gasteiger charge is 2.30. The second kappa shape index (κ2) is 4.51. The van der Waals surface area contributed by atoms with Gasteiger partial charge in [0, 0.05) is 19.2 Å². The van der Waals surface area contributed by atoms with E-state index in [1.54, 1.807) is 13.2 Å². The lowest BCUT2D eigenvalue weighted by molar-refractivity contribution is -0.384. The van der Waals surface area contributed by atoms with E-state index in [1.807, 2.05) is 0 Å². The number of ether oxygens (including phenoxy) is 1. The van der Waals surface area contributed by atoms with Gasteiger partial charge in [-0.05, 0) is 18.9 Å². The Bertz CT molecular complexity index is 618. The highest BCUT2D eigenvalue weighted by molar-refractivity contribution is 5.77. The number of nitrogens with zero attached hydrogens (tertiary/aromatic N) is 2. The number of oxazole rings is 1. The molecule has 7 nitrogen and oxygen atoms in total. The lowest BCUT2D eigenvalue weighted by atomic mass is 9.89. The minimum absolute atomic E-state index is 0.00158. The first kappa shape index (κ1) is 11.9. The maximum atomic E-state index is 10.7. The van der Waals surface area contributed by atoms with Crippen molar-refractivity contribution in [3.05, 3.63) is 28.3 Å². The Morgan fingerprint density at radius 3 is 3.00 bits per heavy atom. The van der Waals surface area contributed by atoms with Gasteiger partial charge in [0.15, 0.2) is 5.58 Å². The van der Waals surface area contributed by atoms with Crippen LogP contribution in [0.1, 0.15) is 12.8 Å². The van der Waals surface area contributed by atoms with Crippen LogP contribution in [0.2, 0.25) is 0 Å². The minimum atomic E-state index is -0.454. The van der Waals surface area contributed by atoms with Crippen molar-refractivity contribution in [3.63, 3.8) is 0 Å². The van der Waals surface area contributed by atoms with Gasteiger partial charge in [-0.15, -0.1) is 0 Å². The van der Waals surface area contributed by atoms with E-state index in [-0.39, 0.29) is 11.7 Å². The van der Waals surface area contributed by atoms with Crippen LogP contribution in [0.3, 0.4) is 0 Å². The monoisotopic (exact) mass is 263 g/mol. The average Bonchev–Trinajstić information content (AvgIpc) is 2.74. The normalized spacial score (nSPS) is 22.2. The Labute approximate surface area is 108 Å². The number of methoxy groups -OCH3 is 1. The molecule has 0 atom stereocenters. The van der Waals surface area contributed by atoms with E-state index in [0.29, 0.717) is 23.2 Å². The molecular formula is C12H13N3O4. The molecule has 0 spiro atoms. The molecule has 1 fully saturated rings. The minimum Gasteiger partial charge on any atom is -0.423 e. The number of fused-ring (bicyclic) bond motifs is 1. The second-order valence-electron chi connectivity index (χ2n) is 4.60. The molecule has 100 valence electrons. The van der Waals surface area contributed by atoms with E-state index in [0.717, 1.165) is 12.8 Å². The third-order valence-corrected chi connectivity index (χ3v) is 3.34. The van der Waals surface area contributed by atoms with Gasteiger partial charge in [0.1, 0.15) is 5.52 Å².